The third kappa shape index (κ3) is 5.97. The minimum Gasteiger partial charge on any atom is -0.371 e. The summed E-state index contributed by atoms with van der Waals surface area (Å²) in [5.41, 5.74) is 3.44. The summed E-state index contributed by atoms with van der Waals surface area (Å²) in [7, 11) is 0. The second-order valence-corrected chi connectivity index (χ2v) is 8.62. The van der Waals surface area contributed by atoms with Crippen LogP contribution >= 0.6 is 23.2 Å². The van der Waals surface area contributed by atoms with E-state index >= 15 is 0 Å². The zero-order valence-corrected chi connectivity index (χ0v) is 19.4. The van der Waals surface area contributed by atoms with Crippen LogP contribution in [0.3, 0.4) is 0 Å². The van der Waals surface area contributed by atoms with Gasteiger partial charge in [-0.1, -0.05) is 53.5 Å². The van der Waals surface area contributed by atoms with E-state index in [1.54, 1.807) is 30.3 Å². The highest BCUT2D eigenvalue weighted by Crippen LogP contribution is 2.28. The van der Waals surface area contributed by atoms with Gasteiger partial charge in [0.15, 0.2) is 0 Å². The molecule has 1 saturated heterocycles. The SMILES string of the molecule is O=C(Nc1ccc(Cl)c(Cl)c1)Nc1ccc(N2CCCC2)c(C(=O)NCc2ccccc2)c1. The standard InChI is InChI=1S/C25H24Cl2N4O2/c26-21-10-8-19(15-22(21)27)30-25(33)29-18-9-11-23(31-12-4-5-13-31)20(14-18)24(32)28-16-17-6-2-1-3-7-17/h1-3,6-11,14-15H,4-5,12-13,16H2,(H,28,32)(H2,29,30,33). The lowest BCUT2D eigenvalue weighted by molar-refractivity contribution is 0.0951. The minimum absolute atomic E-state index is 0.186. The van der Waals surface area contributed by atoms with Gasteiger partial charge in [0.2, 0.25) is 0 Å². The third-order valence-electron chi connectivity index (χ3n) is 5.42. The van der Waals surface area contributed by atoms with Crippen LogP contribution in [0.5, 0.6) is 0 Å². The van der Waals surface area contributed by atoms with Crippen LogP contribution < -0.4 is 20.9 Å². The monoisotopic (exact) mass is 482 g/mol. The minimum atomic E-state index is -0.446. The fourth-order valence-electron chi connectivity index (χ4n) is 3.77. The molecule has 0 aromatic heterocycles. The molecule has 3 N–H and O–H groups in total. The highest BCUT2D eigenvalue weighted by atomic mass is 35.5. The van der Waals surface area contributed by atoms with Gasteiger partial charge < -0.3 is 20.9 Å². The Morgan fingerprint density at radius 1 is 0.818 bits per heavy atom. The number of halogens is 2. The van der Waals surface area contributed by atoms with Crippen LogP contribution in [0.2, 0.25) is 10.0 Å². The maximum Gasteiger partial charge on any atom is 0.323 e. The van der Waals surface area contributed by atoms with E-state index in [1.165, 1.54) is 0 Å². The Balaban J connectivity index is 1.50. The van der Waals surface area contributed by atoms with Crippen molar-refractivity contribution in [1.82, 2.24) is 5.32 Å². The molecule has 1 fully saturated rings. The number of carbonyl (C=O) groups is 2. The Bertz CT molecular complexity index is 1150. The first kappa shape index (κ1) is 23.0. The number of urea groups is 1. The third-order valence-corrected chi connectivity index (χ3v) is 6.16. The van der Waals surface area contributed by atoms with Crippen molar-refractivity contribution in [2.75, 3.05) is 28.6 Å². The number of rotatable bonds is 6. The van der Waals surface area contributed by atoms with E-state index in [4.69, 9.17) is 23.2 Å². The van der Waals surface area contributed by atoms with Gasteiger partial charge in [0, 0.05) is 36.7 Å². The van der Waals surface area contributed by atoms with Crippen molar-refractivity contribution >= 4 is 52.2 Å². The summed E-state index contributed by atoms with van der Waals surface area (Å²) in [5.74, 6) is -0.186. The van der Waals surface area contributed by atoms with E-state index in [2.05, 4.69) is 20.9 Å². The van der Waals surface area contributed by atoms with Crippen LogP contribution in [-0.2, 0) is 6.54 Å². The summed E-state index contributed by atoms with van der Waals surface area (Å²) in [4.78, 5) is 27.8. The van der Waals surface area contributed by atoms with Crippen LogP contribution in [0.15, 0.2) is 66.7 Å². The summed E-state index contributed by atoms with van der Waals surface area (Å²) in [6.07, 6.45) is 2.19. The molecule has 0 atom stereocenters. The zero-order chi connectivity index (χ0) is 23.2. The van der Waals surface area contributed by atoms with Gasteiger partial charge >= 0.3 is 6.03 Å². The molecule has 0 radical (unpaired) electrons. The molecule has 6 nitrogen and oxygen atoms in total. The molecule has 3 aromatic carbocycles. The lowest BCUT2D eigenvalue weighted by atomic mass is 10.1. The molecule has 0 spiro atoms. The Labute approximate surface area is 202 Å². The first-order valence-electron chi connectivity index (χ1n) is 10.7. The van der Waals surface area contributed by atoms with Gasteiger partial charge in [-0.05, 0) is 54.8 Å². The predicted molar refractivity (Wildman–Crippen MR) is 135 cm³/mol. The Morgan fingerprint density at radius 3 is 2.18 bits per heavy atom. The summed E-state index contributed by atoms with van der Waals surface area (Å²) in [6.45, 7) is 2.24. The number of amides is 3. The van der Waals surface area contributed by atoms with Gasteiger partial charge in [-0.3, -0.25) is 4.79 Å². The van der Waals surface area contributed by atoms with E-state index < -0.39 is 6.03 Å². The first-order chi connectivity index (χ1) is 16.0. The molecule has 0 unspecified atom stereocenters. The maximum absolute atomic E-state index is 13.1. The zero-order valence-electron chi connectivity index (χ0n) is 17.9. The van der Waals surface area contributed by atoms with Crippen molar-refractivity contribution < 1.29 is 9.59 Å². The first-order valence-corrected chi connectivity index (χ1v) is 11.5. The summed E-state index contributed by atoms with van der Waals surface area (Å²) in [5, 5.41) is 9.25. The van der Waals surface area contributed by atoms with Crippen molar-refractivity contribution in [3.05, 3.63) is 87.9 Å². The van der Waals surface area contributed by atoms with Crippen LogP contribution in [0.4, 0.5) is 21.9 Å². The normalized spacial score (nSPS) is 13.0. The molecule has 1 aliphatic rings. The number of carbonyl (C=O) groups excluding carboxylic acids is 2. The second-order valence-electron chi connectivity index (χ2n) is 7.80. The molecule has 0 aliphatic carbocycles. The predicted octanol–water partition coefficient (Wildman–Crippen LogP) is 6.17. The topological polar surface area (TPSA) is 73.5 Å². The van der Waals surface area contributed by atoms with Crippen molar-refractivity contribution in [3.63, 3.8) is 0 Å². The van der Waals surface area contributed by atoms with E-state index in [1.807, 2.05) is 36.4 Å². The highest BCUT2D eigenvalue weighted by Gasteiger charge is 2.20. The van der Waals surface area contributed by atoms with Crippen molar-refractivity contribution in [2.24, 2.45) is 0 Å². The molecule has 170 valence electrons. The van der Waals surface area contributed by atoms with Gasteiger partial charge in [-0.15, -0.1) is 0 Å². The maximum atomic E-state index is 13.1. The molecular weight excluding hydrogens is 459 g/mol. The average molecular weight is 483 g/mol. The summed E-state index contributed by atoms with van der Waals surface area (Å²) in [6, 6.07) is 19.5. The molecule has 3 aromatic rings. The largest absolute Gasteiger partial charge is 0.371 e. The van der Waals surface area contributed by atoms with E-state index in [0.29, 0.717) is 33.5 Å². The van der Waals surface area contributed by atoms with Crippen LogP contribution in [0.1, 0.15) is 28.8 Å². The number of nitrogens with zero attached hydrogens (tertiary/aromatic N) is 1. The average Bonchev–Trinajstić information content (AvgIpc) is 3.35. The van der Waals surface area contributed by atoms with Gasteiger partial charge in [-0.2, -0.15) is 0 Å². The van der Waals surface area contributed by atoms with Crippen molar-refractivity contribution in [1.29, 1.82) is 0 Å². The van der Waals surface area contributed by atoms with Crippen molar-refractivity contribution in [3.8, 4) is 0 Å². The number of anilines is 3. The van der Waals surface area contributed by atoms with E-state index in [-0.39, 0.29) is 5.91 Å². The molecule has 1 heterocycles. The molecule has 33 heavy (non-hydrogen) atoms. The van der Waals surface area contributed by atoms with E-state index in [0.717, 1.165) is 37.2 Å². The molecule has 4 rings (SSSR count). The molecule has 0 saturated carbocycles. The summed E-state index contributed by atoms with van der Waals surface area (Å²) >= 11 is 11.9. The summed E-state index contributed by atoms with van der Waals surface area (Å²) < 4.78 is 0. The molecule has 3 amide bonds. The Hall–Kier alpha value is -3.22. The number of hydrogen-bond acceptors (Lipinski definition) is 3. The molecule has 8 heteroatoms. The van der Waals surface area contributed by atoms with E-state index in [9.17, 15) is 9.59 Å². The van der Waals surface area contributed by atoms with Crippen LogP contribution in [-0.4, -0.2) is 25.0 Å². The van der Waals surface area contributed by atoms with Gasteiger partial charge in [-0.25, -0.2) is 4.79 Å². The van der Waals surface area contributed by atoms with Gasteiger partial charge in [0.1, 0.15) is 0 Å². The molecule has 0 bridgehead atoms. The lowest BCUT2D eigenvalue weighted by Gasteiger charge is -2.22. The fraction of sp³-hybridized carbons (Fsp3) is 0.200. The lowest BCUT2D eigenvalue weighted by Crippen LogP contribution is -2.27. The number of hydrogen-bond donors (Lipinski definition) is 3. The smallest absolute Gasteiger partial charge is 0.323 e. The van der Waals surface area contributed by atoms with Crippen molar-refractivity contribution in [2.45, 2.75) is 19.4 Å². The number of benzene rings is 3. The Morgan fingerprint density at radius 2 is 1.48 bits per heavy atom. The highest BCUT2D eigenvalue weighted by molar-refractivity contribution is 6.42. The quantitative estimate of drug-likeness (QED) is 0.393. The fourth-order valence-corrected chi connectivity index (χ4v) is 4.07. The molecule has 1 aliphatic heterocycles. The van der Waals surface area contributed by atoms with Gasteiger partial charge in [0.25, 0.3) is 5.91 Å². The number of nitrogens with one attached hydrogen (secondary N) is 3. The molecular formula is C25H24Cl2N4O2. The Kier molecular flexibility index (Phi) is 7.37. The van der Waals surface area contributed by atoms with Gasteiger partial charge in [0.05, 0.1) is 15.6 Å². The van der Waals surface area contributed by atoms with Crippen LogP contribution in [0.25, 0.3) is 0 Å². The second kappa shape index (κ2) is 10.6. The van der Waals surface area contributed by atoms with Crippen LogP contribution in [0, 0.1) is 0 Å².